The zero-order chi connectivity index (χ0) is 10.6. The predicted octanol–water partition coefficient (Wildman–Crippen LogP) is 2.99. The summed E-state index contributed by atoms with van der Waals surface area (Å²) in [5.41, 5.74) is 7.14. The zero-order valence-corrected chi connectivity index (χ0v) is 13.6. The van der Waals surface area contributed by atoms with E-state index in [1.54, 1.807) is 11.1 Å². The van der Waals surface area contributed by atoms with Crippen LogP contribution in [0.15, 0.2) is 22.3 Å². The van der Waals surface area contributed by atoms with E-state index < -0.39 is 0 Å². The fraction of sp³-hybridized carbons (Fsp3) is 0.636. The Hall–Kier alpha value is 0.411. The molecule has 0 radical (unpaired) electrons. The molecule has 1 aliphatic carbocycles. The van der Waals surface area contributed by atoms with Crippen LogP contribution in [0.3, 0.4) is 0 Å². The second-order valence-electron chi connectivity index (χ2n) is 3.84. The van der Waals surface area contributed by atoms with Crippen molar-refractivity contribution in [1.82, 2.24) is 0 Å². The molecule has 1 aliphatic rings. The summed E-state index contributed by atoms with van der Waals surface area (Å²) in [4.78, 5) is 0. The quantitative estimate of drug-likeness (QED) is 0.561. The van der Waals surface area contributed by atoms with E-state index in [4.69, 9.17) is 0 Å². The Kier molecular flexibility index (Phi) is 6.19. The summed E-state index contributed by atoms with van der Waals surface area (Å²) >= 11 is 0.500. The molecule has 0 aromatic carbocycles. The molecule has 0 nitrogen and oxygen atoms in total. The van der Waals surface area contributed by atoms with E-state index in [1.807, 2.05) is 0 Å². The molecule has 74 valence electrons. The van der Waals surface area contributed by atoms with Gasteiger partial charge in [-0.25, -0.2) is 0 Å². The number of allylic oxidation sites excluding steroid dienone is 4. The molecule has 0 bridgehead atoms. The van der Waals surface area contributed by atoms with Crippen molar-refractivity contribution in [2.24, 2.45) is 0 Å². The maximum atomic E-state index is 2.27. The molecular weight excluding hydrogens is 208 g/mol. The maximum absolute atomic E-state index is 2.27. The Labute approximate surface area is 95.2 Å². The van der Waals surface area contributed by atoms with Crippen molar-refractivity contribution >= 4 is 10.2 Å². The van der Waals surface area contributed by atoms with Crippen molar-refractivity contribution in [1.29, 1.82) is 0 Å². The topological polar surface area (TPSA) is 0 Å². The van der Waals surface area contributed by atoms with E-state index in [2.05, 4.69) is 38.2 Å². The van der Waals surface area contributed by atoms with Gasteiger partial charge in [0.25, 0.3) is 0 Å². The third-order valence-electron chi connectivity index (χ3n) is 3.04. The van der Waals surface area contributed by atoms with Crippen molar-refractivity contribution in [3.63, 3.8) is 0 Å². The van der Waals surface area contributed by atoms with Gasteiger partial charge in [0.1, 0.15) is 0 Å². The third kappa shape index (κ3) is 3.23. The van der Waals surface area contributed by atoms with Gasteiger partial charge >= 0.3 is 29.6 Å². The van der Waals surface area contributed by atoms with E-state index >= 15 is 0 Å². The summed E-state index contributed by atoms with van der Waals surface area (Å²) in [5.74, 6) is 0. The molecule has 0 unspecified atom stereocenters. The Morgan fingerprint density at radius 1 is 0.923 bits per heavy atom. The summed E-state index contributed by atoms with van der Waals surface area (Å²) in [6, 6.07) is 0. The van der Waals surface area contributed by atoms with Crippen molar-refractivity contribution in [3.8, 4) is 0 Å². The first-order valence-corrected chi connectivity index (χ1v) is 9.18. The molecule has 13 heavy (non-hydrogen) atoms. The molecule has 0 N–H and O–H groups in total. The molecule has 0 atom stereocenters. The molecule has 0 aromatic rings. The molecule has 0 spiro atoms. The minimum absolute atomic E-state index is 0.500. The zero-order valence-electron chi connectivity index (χ0n) is 10.1. The van der Waals surface area contributed by atoms with Crippen LogP contribution < -0.4 is 0 Å². The van der Waals surface area contributed by atoms with Crippen LogP contribution in [0.25, 0.3) is 0 Å². The van der Waals surface area contributed by atoms with Gasteiger partial charge in [-0.3, -0.25) is 0 Å². The molecule has 2 heteroatoms. The first kappa shape index (κ1) is 13.4. The average molecular weight is 230 g/mol. The van der Waals surface area contributed by atoms with Crippen LogP contribution >= 0.6 is 0 Å². The van der Waals surface area contributed by atoms with Crippen molar-refractivity contribution < 1.29 is 19.2 Å². The first-order chi connectivity index (χ1) is 5.97. The van der Waals surface area contributed by atoms with Crippen molar-refractivity contribution in [3.05, 3.63) is 22.3 Å². The molecule has 0 saturated heterocycles. The fourth-order valence-electron chi connectivity index (χ4n) is 1.57. The van der Waals surface area contributed by atoms with E-state index in [-0.39, 0.29) is 0 Å². The molecular formula is C11H22SiTi. The fourth-order valence-corrected chi connectivity index (χ4v) is 2.43. The second kappa shape index (κ2) is 6.00. The SMILES string of the molecule is CC1=C(C)C([SiH3])C(C)=C1C.[CH3][Ti][CH3]. The standard InChI is InChI=1S/C9H16Si.2CH3.Ti/c1-5-6(2)8(4)9(10)7(5)3;;;/h9H,1-4,10H3;2*1H3;. The summed E-state index contributed by atoms with van der Waals surface area (Å²) in [6.45, 7) is 9.03. The van der Waals surface area contributed by atoms with Gasteiger partial charge in [0.2, 0.25) is 0 Å². The molecule has 0 heterocycles. The molecule has 0 amide bonds. The molecule has 0 aromatic heterocycles. The Morgan fingerprint density at radius 2 is 1.15 bits per heavy atom. The van der Waals surface area contributed by atoms with Gasteiger partial charge in [-0.2, -0.15) is 0 Å². The van der Waals surface area contributed by atoms with E-state index in [9.17, 15) is 0 Å². The van der Waals surface area contributed by atoms with Crippen LogP contribution in [0.1, 0.15) is 27.7 Å². The van der Waals surface area contributed by atoms with Crippen molar-refractivity contribution in [2.45, 2.75) is 43.7 Å². The Morgan fingerprint density at radius 3 is 1.23 bits per heavy atom. The van der Waals surface area contributed by atoms with Gasteiger partial charge in [0.05, 0.1) is 0 Å². The normalized spacial score (nSPS) is 17.7. The van der Waals surface area contributed by atoms with Gasteiger partial charge in [-0.05, 0) is 44.4 Å². The van der Waals surface area contributed by atoms with Gasteiger partial charge in [0, 0.05) is 10.2 Å². The van der Waals surface area contributed by atoms with Crippen LogP contribution in [-0.4, -0.2) is 10.2 Å². The minimum atomic E-state index is 0.500. The van der Waals surface area contributed by atoms with E-state index in [0.29, 0.717) is 19.2 Å². The summed E-state index contributed by atoms with van der Waals surface area (Å²) in [6.07, 6.45) is 0. The summed E-state index contributed by atoms with van der Waals surface area (Å²) in [7, 11) is 1.28. The average Bonchev–Trinajstić information content (AvgIpc) is 2.25. The van der Waals surface area contributed by atoms with Gasteiger partial charge in [-0.15, -0.1) is 0 Å². The molecule has 1 rings (SSSR count). The van der Waals surface area contributed by atoms with Crippen LogP contribution in [0.4, 0.5) is 0 Å². The molecule has 0 aliphatic heterocycles. The summed E-state index contributed by atoms with van der Waals surface area (Å²) < 4.78 is 0. The van der Waals surface area contributed by atoms with Gasteiger partial charge in [-0.1, -0.05) is 11.1 Å². The van der Waals surface area contributed by atoms with E-state index in [1.165, 1.54) is 21.4 Å². The third-order valence-corrected chi connectivity index (χ3v) is 4.78. The summed E-state index contributed by atoms with van der Waals surface area (Å²) in [5, 5.41) is 4.50. The van der Waals surface area contributed by atoms with Crippen LogP contribution in [0.5, 0.6) is 0 Å². The number of hydrogen-bond donors (Lipinski definition) is 0. The number of rotatable bonds is 0. The van der Waals surface area contributed by atoms with Crippen LogP contribution in [-0.2, 0) is 19.2 Å². The second-order valence-corrected chi connectivity index (χ2v) is 6.55. The molecule has 0 saturated carbocycles. The predicted molar refractivity (Wildman–Crippen MR) is 62.2 cm³/mol. The van der Waals surface area contributed by atoms with Crippen LogP contribution in [0.2, 0.25) is 16.0 Å². The first-order valence-electron chi connectivity index (χ1n) is 4.90. The van der Waals surface area contributed by atoms with Gasteiger partial charge < -0.3 is 0 Å². The Balaban J connectivity index is 0.000000424. The van der Waals surface area contributed by atoms with Crippen LogP contribution in [0, 0.1) is 0 Å². The molecule has 0 fully saturated rings. The Bertz CT molecular complexity index is 214. The monoisotopic (exact) mass is 230 g/mol. The van der Waals surface area contributed by atoms with Crippen molar-refractivity contribution in [2.75, 3.05) is 0 Å². The number of hydrogen-bond acceptors (Lipinski definition) is 0. The van der Waals surface area contributed by atoms with E-state index in [0.717, 1.165) is 5.54 Å². The van der Waals surface area contributed by atoms with Gasteiger partial charge in [0.15, 0.2) is 0 Å².